The SMILES string of the molecule is O=C(O)c1ccc(C[C@@H]2CCN(C(=O)c3ccccc3Cl)C2)cc1. The van der Waals surface area contributed by atoms with Crippen molar-refractivity contribution in [2.24, 2.45) is 5.92 Å². The topological polar surface area (TPSA) is 57.6 Å². The van der Waals surface area contributed by atoms with E-state index in [1.54, 1.807) is 24.3 Å². The summed E-state index contributed by atoms with van der Waals surface area (Å²) in [6.07, 6.45) is 1.78. The monoisotopic (exact) mass is 343 g/mol. The average Bonchev–Trinajstić information content (AvgIpc) is 3.04. The number of hydrogen-bond donors (Lipinski definition) is 1. The Morgan fingerprint density at radius 2 is 1.83 bits per heavy atom. The van der Waals surface area contributed by atoms with E-state index in [-0.39, 0.29) is 5.91 Å². The highest BCUT2D eigenvalue weighted by Gasteiger charge is 2.27. The summed E-state index contributed by atoms with van der Waals surface area (Å²) in [7, 11) is 0. The van der Waals surface area contributed by atoms with Gasteiger partial charge in [0.25, 0.3) is 5.91 Å². The van der Waals surface area contributed by atoms with Gasteiger partial charge in [0.15, 0.2) is 0 Å². The molecule has 1 N–H and O–H groups in total. The number of carboxylic acid groups (broad SMARTS) is 1. The molecule has 1 atom stereocenters. The molecule has 1 fully saturated rings. The van der Waals surface area contributed by atoms with Crippen LogP contribution in [0.4, 0.5) is 0 Å². The number of carboxylic acids is 1. The van der Waals surface area contributed by atoms with Crippen molar-refractivity contribution in [2.45, 2.75) is 12.8 Å². The van der Waals surface area contributed by atoms with Crippen molar-refractivity contribution in [3.63, 3.8) is 0 Å². The van der Waals surface area contributed by atoms with Gasteiger partial charge in [-0.3, -0.25) is 4.79 Å². The number of carbonyl (C=O) groups is 2. The van der Waals surface area contributed by atoms with Crippen molar-refractivity contribution >= 4 is 23.5 Å². The maximum absolute atomic E-state index is 12.6. The number of amides is 1. The van der Waals surface area contributed by atoms with E-state index in [4.69, 9.17) is 16.7 Å². The molecule has 0 aromatic heterocycles. The summed E-state index contributed by atoms with van der Waals surface area (Å²) in [6.45, 7) is 1.42. The van der Waals surface area contributed by atoms with Crippen LogP contribution in [0.5, 0.6) is 0 Å². The highest BCUT2D eigenvalue weighted by atomic mass is 35.5. The summed E-state index contributed by atoms with van der Waals surface area (Å²) < 4.78 is 0. The van der Waals surface area contributed by atoms with Crippen LogP contribution in [0, 0.1) is 5.92 Å². The number of carbonyl (C=O) groups excluding carboxylic acids is 1. The van der Waals surface area contributed by atoms with Gasteiger partial charge in [-0.25, -0.2) is 4.79 Å². The number of likely N-dealkylation sites (tertiary alicyclic amines) is 1. The molecule has 0 saturated carbocycles. The van der Waals surface area contributed by atoms with Crippen molar-refractivity contribution < 1.29 is 14.7 Å². The van der Waals surface area contributed by atoms with E-state index < -0.39 is 5.97 Å². The van der Waals surface area contributed by atoms with E-state index in [9.17, 15) is 9.59 Å². The third-order valence-corrected chi connectivity index (χ3v) is 4.73. The van der Waals surface area contributed by atoms with Crippen molar-refractivity contribution in [3.05, 3.63) is 70.2 Å². The minimum absolute atomic E-state index is 0.0238. The molecule has 1 aliphatic heterocycles. The first-order valence-electron chi connectivity index (χ1n) is 7.90. The van der Waals surface area contributed by atoms with Gasteiger partial charge in [-0.05, 0) is 48.6 Å². The van der Waals surface area contributed by atoms with E-state index >= 15 is 0 Å². The zero-order valence-corrected chi connectivity index (χ0v) is 13.9. The highest BCUT2D eigenvalue weighted by Crippen LogP contribution is 2.25. The zero-order chi connectivity index (χ0) is 17.1. The fraction of sp³-hybridized carbons (Fsp3) is 0.263. The van der Waals surface area contributed by atoms with E-state index in [1.807, 2.05) is 29.2 Å². The van der Waals surface area contributed by atoms with Crippen molar-refractivity contribution in [2.75, 3.05) is 13.1 Å². The van der Waals surface area contributed by atoms with E-state index in [0.717, 1.165) is 24.9 Å². The maximum Gasteiger partial charge on any atom is 0.335 e. The Kier molecular flexibility index (Phi) is 4.86. The molecule has 0 spiro atoms. The number of rotatable bonds is 4. The predicted octanol–water partition coefficient (Wildman–Crippen LogP) is 3.74. The Balaban J connectivity index is 1.62. The maximum atomic E-state index is 12.6. The van der Waals surface area contributed by atoms with Gasteiger partial charge in [-0.15, -0.1) is 0 Å². The summed E-state index contributed by atoms with van der Waals surface area (Å²) in [5, 5.41) is 9.41. The molecule has 1 heterocycles. The second-order valence-corrected chi connectivity index (χ2v) is 6.50. The van der Waals surface area contributed by atoms with Crippen molar-refractivity contribution in [1.82, 2.24) is 4.90 Å². The summed E-state index contributed by atoms with van der Waals surface area (Å²) in [6, 6.07) is 14.1. The van der Waals surface area contributed by atoms with Crippen LogP contribution in [0.3, 0.4) is 0 Å². The lowest BCUT2D eigenvalue weighted by molar-refractivity contribution is 0.0696. The average molecular weight is 344 g/mol. The molecule has 1 saturated heterocycles. The zero-order valence-electron chi connectivity index (χ0n) is 13.1. The second kappa shape index (κ2) is 7.05. The summed E-state index contributed by atoms with van der Waals surface area (Å²) >= 11 is 6.11. The molecular formula is C19H18ClNO3. The fourth-order valence-corrected chi connectivity index (χ4v) is 3.32. The Hall–Kier alpha value is -2.33. The van der Waals surface area contributed by atoms with Gasteiger partial charge < -0.3 is 10.0 Å². The van der Waals surface area contributed by atoms with Gasteiger partial charge in [0.2, 0.25) is 0 Å². The standard InChI is InChI=1S/C19H18ClNO3/c20-17-4-2-1-3-16(17)18(22)21-10-9-14(12-21)11-13-5-7-15(8-6-13)19(23)24/h1-8,14H,9-12H2,(H,23,24)/t14-/m0/s1. The van der Waals surface area contributed by atoms with Gasteiger partial charge in [-0.2, -0.15) is 0 Å². The molecular weight excluding hydrogens is 326 g/mol. The molecule has 2 aromatic carbocycles. The van der Waals surface area contributed by atoms with E-state index in [2.05, 4.69) is 0 Å². The molecule has 124 valence electrons. The van der Waals surface area contributed by atoms with Crippen LogP contribution < -0.4 is 0 Å². The summed E-state index contributed by atoms with van der Waals surface area (Å²) in [5.74, 6) is -0.560. The fourth-order valence-electron chi connectivity index (χ4n) is 3.11. The van der Waals surface area contributed by atoms with Crippen LogP contribution in [0.1, 0.15) is 32.7 Å². The number of benzene rings is 2. The summed E-state index contributed by atoms with van der Waals surface area (Å²) in [5.41, 5.74) is 1.93. The lowest BCUT2D eigenvalue weighted by Gasteiger charge is -2.17. The Morgan fingerprint density at radius 1 is 1.12 bits per heavy atom. The number of hydrogen-bond acceptors (Lipinski definition) is 2. The van der Waals surface area contributed by atoms with Gasteiger partial charge in [0.05, 0.1) is 16.1 Å². The molecule has 0 bridgehead atoms. The Labute approximate surface area is 145 Å². The summed E-state index contributed by atoms with van der Waals surface area (Å²) in [4.78, 5) is 25.3. The van der Waals surface area contributed by atoms with E-state index in [1.165, 1.54) is 0 Å². The molecule has 0 radical (unpaired) electrons. The first-order valence-corrected chi connectivity index (χ1v) is 8.28. The molecule has 4 nitrogen and oxygen atoms in total. The first-order chi connectivity index (χ1) is 11.5. The molecule has 0 unspecified atom stereocenters. The molecule has 1 aliphatic rings. The largest absolute Gasteiger partial charge is 0.478 e. The minimum Gasteiger partial charge on any atom is -0.478 e. The molecule has 0 aliphatic carbocycles. The molecule has 5 heteroatoms. The van der Waals surface area contributed by atoms with Crippen LogP contribution in [0.2, 0.25) is 5.02 Å². The number of aromatic carboxylic acids is 1. The first kappa shape index (κ1) is 16.5. The number of nitrogens with zero attached hydrogens (tertiary/aromatic N) is 1. The second-order valence-electron chi connectivity index (χ2n) is 6.09. The van der Waals surface area contributed by atoms with Crippen molar-refractivity contribution in [1.29, 1.82) is 0 Å². The van der Waals surface area contributed by atoms with E-state index in [0.29, 0.717) is 28.6 Å². The molecule has 1 amide bonds. The van der Waals surface area contributed by atoms with Gasteiger partial charge in [0, 0.05) is 13.1 Å². The number of halogens is 1. The van der Waals surface area contributed by atoms with Crippen LogP contribution in [0.15, 0.2) is 48.5 Å². The van der Waals surface area contributed by atoms with Crippen LogP contribution in [0.25, 0.3) is 0 Å². The predicted molar refractivity (Wildman–Crippen MR) is 92.6 cm³/mol. The highest BCUT2D eigenvalue weighted by molar-refractivity contribution is 6.33. The quantitative estimate of drug-likeness (QED) is 0.920. The van der Waals surface area contributed by atoms with Crippen molar-refractivity contribution in [3.8, 4) is 0 Å². The Morgan fingerprint density at radius 3 is 2.50 bits per heavy atom. The van der Waals surface area contributed by atoms with Crippen LogP contribution in [-0.4, -0.2) is 35.0 Å². The van der Waals surface area contributed by atoms with Gasteiger partial charge in [0.1, 0.15) is 0 Å². The van der Waals surface area contributed by atoms with Crippen LogP contribution >= 0.6 is 11.6 Å². The lowest BCUT2D eigenvalue weighted by Crippen LogP contribution is -2.29. The molecule has 3 rings (SSSR count). The minimum atomic E-state index is -0.918. The van der Waals surface area contributed by atoms with Crippen LogP contribution in [-0.2, 0) is 6.42 Å². The third kappa shape index (κ3) is 3.60. The van der Waals surface area contributed by atoms with Gasteiger partial charge in [-0.1, -0.05) is 35.9 Å². The molecule has 2 aromatic rings. The normalized spacial score (nSPS) is 17.0. The van der Waals surface area contributed by atoms with Gasteiger partial charge >= 0.3 is 5.97 Å². The lowest BCUT2D eigenvalue weighted by atomic mass is 9.98. The Bertz CT molecular complexity index is 757. The molecule has 24 heavy (non-hydrogen) atoms. The third-order valence-electron chi connectivity index (χ3n) is 4.40. The smallest absolute Gasteiger partial charge is 0.335 e.